The van der Waals surface area contributed by atoms with Crippen molar-refractivity contribution in [2.45, 2.75) is 24.8 Å². The number of hydrogen-bond donors (Lipinski definition) is 1. The molecular weight excluding hydrogens is 388 g/mol. The number of nitrogens with zero attached hydrogens (tertiary/aromatic N) is 3. The van der Waals surface area contributed by atoms with Gasteiger partial charge in [0.2, 0.25) is 5.95 Å². The van der Waals surface area contributed by atoms with Gasteiger partial charge in [-0.3, -0.25) is 0 Å². The van der Waals surface area contributed by atoms with Crippen molar-refractivity contribution in [2.75, 3.05) is 17.5 Å². The summed E-state index contributed by atoms with van der Waals surface area (Å²) in [5.74, 6) is -1.25. The number of aromatic nitrogens is 2. The summed E-state index contributed by atoms with van der Waals surface area (Å²) in [6.45, 7) is 3.72. The van der Waals surface area contributed by atoms with Gasteiger partial charge in [-0.2, -0.15) is 0 Å². The van der Waals surface area contributed by atoms with Gasteiger partial charge >= 0.3 is 12.0 Å². The van der Waals surface area contributed by atoms with Crippen molar-refractivity contribution in [3.63, 3.8) is 0 Å². The Kier molecular flexibility index (Phi) is 5.29. The minimum Gasteiger partial charge on any atom is -0.454 e. The third-order valence-electron chi connectivity index (χ3n) is 3.86. The van der Waals surface area contributed by atoms with Gasteiger partial charge in [0, 0.05) is 11.4 Å². The number of carbonyl (C=O) groups excluding carboxylic acids is 2. The first-order valence-corrected chi connectivity index (χ1v) is 9.69. The summed E-state index contributed by atoms with van der Waals surface area (Å²) in [5.41, 5.74) is 5.99. The molecule has 0 radical (unpaired) electrons. The molecule has 1 aliphatic heterocycles. The lowest BCUT2D eigenvalue weighted by Crippen LogP contribution is -2.43. The number of rotatable bonds is 5. The van der Waals surface area contributed by atoms with Crippen molar-refractivity contribution in [1.29, 1.82) is 0 Å². The Labute approximate surface area is 161 Å². The lowest BCUT2D eigenvalue weighted by Gasteiger charge is -2.26. The second-order valence-electron chi connectivity index (χ2n) is 6.12. The highest BCUT2D eigenvalue weighted by molar-refractivity contribution is 7.93. The number of hydrogen-bond acceptors (Lipinski definition) is 8. The minimum atomic E-state index is -4.59. The van der Waals surface area contributed by atoms with Gasteiger partial charge in [0.1, 0.15) is 11.0 Å². The van der Waals surface area contributed by atoms with Crippen LogP contribution in [-0.4, -0.2) is 49.7 Å². The summed E-state index contributed by atoms with van der Waals surface area (Å²) in [5, 5.41) is 0. The van der Waals surface area contributed by atoms with Gasteiger partial charge in [-0.25, -0.2) is 28.0 Å². The van der Waals surface area contributed by atoms with E-state index in [0.29, 0.717) is 11.4 Å². The van der Waals surface area contributed by atoms with E-state index in [9.17, 15) is 18.0 Å². The van der Waals surface area contributed by atoms with Crippen LogP contribution in [0.2, 0.25) is 0 Å². The van der Waals surface area contributed by atoms with Crippen LogP contribution < -0.4 is 10.0 Å². The summed E-state index contributed by atoms with van der Waals surface area (Å²) in [6, 6.07) is 5.67. The van der Waals surface area contributed by atoms with Gasteiger partial charge in [0.15, 0.2) is 0 Å². The van der Waals surface area contributed by atoms with E-state index in [4.69, 9.17) is 15.2 Å². The summed E-state index contributed by atoms with van der Waals surface area (Å²) in [7, 11) is -4.59. The number of nitrogens with two attached hydrogens (primary N) is 1. The molecule has 2 amide bonds. The zero-order chi connectivity index (χ0) is 20.5. The molecule has 148 valence electrons. The fraction of sp³-hybridized carbons (Fsp3) is 0.294. The molecule has 0 bridgehead atoms. The molecule has 1 aliphatic rings. The fourth-order valence-electron chi connectivity index (χ4n) is 2.58. The second kappa shape index (κ2) is 7.52. The molecule has 28 heavy (non-hydrogen) atoms. The van der Waals surface area contributed by atoms with Gasteiger partial charge in [-0.15, -0.1) is 4.31 Å². The SMILES string of the molecule is Cc1cc(C)nc(N(C(N)=O)S(=O)(=O)c2ccccc2C(=O)OC2COC2)n1. The lowest BCUT2D eigenvalue weighted by molar-refractivity contribution is -0.103. The number of amides is 2. The first kappa shape index (κ1) is 19.7. The van der Waals surface area contributed by atoms with Crippen molar-refractivity contribution < 1.29 is 27.5 Å². The molecule has 0 aliphatic carbocycles. The number of ether oxygens (including phenoxy) is 2. The van der Waals surface area contributed by atoms with Crippen LogP contribution in [-0.2, 0) is 19.5 Å². The Hall–Kier alpha value is -3.05. The highest BCUT2D eigenvalue weighted by Crippen LogP contribution is 2.25. The Morgan fingerprint density at radius 3 is 2.32 bits per heavy atom. The number of primary amides is 1. The van der Waals surface area contributed by atoms with E-state index >= 15 is 0 Å². The number of carbonyl (C=O) groups is 2. The summed E-state index contributed by atoms with van der Waals surface area (Å²) < 4.78 is 36.8. The first-order chi connectivity index (χ1) is 13.2. The summed E-state index contributed by atoms with van der Waals surface area (Å²) >= 11 is 0. The summed E-state index contributed by atoms with van der Waals surface area (Å²) in [4.78, 5) is 32.0. The number of aryl methyl sites for hydroxylation is 2. The van der Waals surface area contributed by atoms with Crippen LogP contribution in [0.4, 0.5) is 10.7 Å². The van der Waals surface area contributed by atoms with Gasteiger partial charge in [-0.05, 0) is 32.0 Å². The van der Waals surface area contributed by atoms with Crippen molar-refractivity contribution in [2.24, 2.45) is 5.73 Å². The van der Waals surface area contributed by atoms with Crippen molar-refractivity contribution in [3.8, 4) is 0 Å². The molecule has 2 N–H and O–H groups in total. The van der Waals surface area contributed by atoms with E-state index in [2.05, 4.69) is 9.97 Å². The fourth-order valence-corrected chi connectivity index (χ4v) is 3.99. The molecular formula is C17H18N4O6S. The molecule has 0 unspecified atom stereocenters. The molecule has 1 aromatic heterocycles. The number of anilines is 1. The second-order valence-corrected chi connectivity index (χ2v) is 7.87. The third kappa shape index (κ3) is 3.80. The highest BCUT2D eigenvalue weighted by atomic mass is 32.2. The predicted octanol–water partition coefficient (Wildman–Crippen LogP) is 0.923. The van der Waals surface area contributed by atoms with Crippen LogP contribution in [0.5, 0.6) is 0 Å². The highest BCUT2D eigenvalue weighted by Gasteiger charge is 2.36. The molecule has 1 fully saturated rings. The van der Waals surface area contributed by atoms with Gasteiger partial charge in [-0.1, -0.05) is 12.1 Å². The lowest BCUT2D eigenvalue weighted by atomic mass is 10.2. The van der Waals surface area contributed by atoms with Crippen molar-refractivity contribution in [3.05, 3.63) is 47.3 Å². The Morgan fingerprint density at radius 2 is 1.79 bits per heavy atom. The Bertz CT molecular complexity index is 1020. The Morgan fingerprint density at radius 1 is 1.18 bits per heavy atom. The van der Waals surface area contributed by atoms with E-state index in [1.807, 2.05) is 0 Å². The van der Waals surface area contributed by atoms with Gasteiger partial charge < -0.3 is 15.2 Å². The van der Waals surface area contributed by atoms with E-state index in [0.717, 1.165) is 0 Å². The average Bonchev–Trinajstić information content (AvgIpc) is 2.56. The van der Waals surface area contributed by atoms with Crippen molar-refractivity contribution >= 4 is 28.0 Å². The van der Waals surface area contributed by atoms with E-state index in [1.54, 1.807) is 19.9 Å². The van der Waals surface area contributed by atoms with E-state index in [-0.39, 0.29) is 23.1 Å². The molecule has 3 rings (SSSR count). The molecule has 0 saturated carbocycles. The topological polar surface area (TPSA) is 142 Å². The van der Waals surface area contributed by atoms with E-state index in [1.165, 1.54) is 24.3 Å². The molecule has 1 saturated heterocycles. The smallest absolute Gasteiger partial charge is 0.339 e. The van der Waals surface area contributed by atoms with Gasteiger partial charge in [0.05, 0.1) is 18.8 Å². The molecule has 11 heteroatoms. The molecule has 2 heterocycles. The maximum atomic E-state index is 13.2. The third-order valence-corrected chi connectivity index (χ3v) is 5.59. The summed E-state index contributed by atoms with van der Waals surface area (Å²) in [6.07, 6.45) is -0.446. The van der Waals surface area contributed by atoms with Crippen molar-refractivity contribution in [1.82, 2.24) is 9.97 Å². The maximum absolute atomic E-state index is 13.2. The minimum absolute atomic E-state index is 0.231. The zero-order valence-electron chi connectivity index (χ0n) is 15.2. The number of esters is 1. The monoisotopic (exact) mass is 406 g/mol. The number of benzene rings is 1. The molecule has 10 nitrogen and oxygen atoms in total. The number of sulfonamides is 1. The van der Waals surface area contributed by atoms with E-state index < -0.39 is 39.0 Å². The standard InChI is InChI=1S/C17H18N4O6S/c1-10-7-11(2)20-17(19-10)21(16(18)23)28(24,25)14-6-4-3-5-13(14)15(22)27-12-8-26-9-12/h3-7,12H,8-9H2,1-2H3,(H2,18,23). The normalized spacial score (nSPS) is 14.2. The van der Waals surface area contributed by atoms with Crippen LogP contribution in [0.25, 0.3) is 0 Å². The quantitative estimate of drug-likeness (QED) is 0.723. The van der Waals surface area contributed by atoms with Crippen LogP contribution in [0.15, 0.2) is 35.2 Å². The zero-order valence-corrected chi connectivity index (χ0v) is 16.0. The average molecular weight is 406 g/mol. The van der Waals surface area contributed by atoms with Crippen LogP contribution in [0.1, 0.15) is 21.7 Å². The first-order valence-electron chi connectivity index (χ1n) is 8.25. The molecule has 1 aromatic carbocycles. The molecule has 0 spiro atoms. The molecule has 0 atom stereocenters. The Balaban J connectivity index is 2.07. The van der Waals surface area contributed by atoms with Gasteiger partial charge in [0.25, 0.3) is 10.0 Å². The van der Waals surface area contributed by atoms with Crippen LogP contribution >= 0.6 is 0 Å². The number of urea groups is 1. The largest absolute Gasteiger partial charge is 0.454 e. The van der Waals surface area contributed by atoms with Crippen LogP contribution in [0.3, 0.4) is 0 Å². The molecule has 2 aromatic rings. The van der Waals surface area contributed by atoms with Crippen LogP contribution in [0, 0.1) is 13.8 Å². The maximum Gasteiger partial charge on any atom is 0.339 e. The predicted molar refractivity (Wildman–Crippen MR) is 97.2 cm³/mol.